The van der Waals surface area contributed by atoms with E-state index in [1.807, 2.05) is 0 Å². The first kappa shape index (κ1) is 12.7. The molecule has 0 aliphatic heterocycles. The van der Waals surface area contributed by atoms with Gasteiger partial charge >= 0.3 is 11.7 Å². The lowest BCUT2D eigenvalue weighted by Gasteiger charge is -2.05. The molecule has 0 atom stereocenters. The van der Waals surface area contributed by atoms with Gasteiger partial charge in [0.05, 0.1) is 12.7 Å². The summed E-state index contributed by atoms with van der Waals surface area (Å²) in [5.41, 5.74) is -0.527. The standard InChI is InChI=1S/C13H10N2O4/c1-19-12(17)10-9(7-14-13(18)15-10)11(16)8-5-3-2-4-6-8/h2-7H,1H3,(H,14,15,18). The normalized spacial score (nSPS) is 9.95. The molecule has 0 saturated heterocycles. The maximum absolute atomic E-state index is 12.2. The van der Waals surface area contributed by atoms with Crippen molar-refractivity contribution in [1.29, 1.82) is 0 Å². The summed E-state index contributed by atoms with van der Waals surface area (Å²) in [6, 6.07) is 8.38. The zero-order chi connectivity index (χ0) is 13.8. The molecule has 0 saturated carbocycles. The van der Waals surface area contributed by atoms with E-state index in [1.165, 1.54) is 0 Å². The van der Waals surface area contributed by atoms with Crippen molar-refractivity contribution in [2.45, 2.75) is 0 Å². The number of esters is 1. The summed E-state index contributed by atoms with van der Waals surface area (Å²) in [4.78, 5) is 40.6. The second-order valence-corrected chi connectivity index (χ2v) is 3.66. The average molecular weight is 258 g/mol. The largest absolute Gasteiger partial charge is 0.464 e. The van der Waals surface area contributed by atoms with Crippen molar-refractivity contribution in [3.8, 4) is 0 Å². The van der Waals surface area contributed by atoms with Gasteiger partial charge < -0.3 is 4.74 Å². The predicted octanol–water partition coefficient (Wildman–Crippen LogP) is 0.788. The summed E-state index contributed by atoms with van der Waals surface area (Å²) in [5, 5.41) is 0. The number of methoxy groups -OCH3 is 1. The fourth-order valence-corrected chi connectivity index (χ4v) is 1.57. The molecule has 1 heterocycles. The zero-order valence-electron chi connectivity index (χ0n) is 10.0. The number of ketones is 1. The summed E-state index contributed by atoms with van der Waals surface area (Å²) < 4.78 is 4.53. The molecule has 19 heavy (non-hydrogen) atoms. The van der Waals surface area contributed by atoms with Crippen molar-refractivity contribution in [2.75, 3.05) is 7.11 Å². The van der Waals surface area contributed by atoms with Gasteiger partial charge in [-0.25, -0.2) is 14.6 Å². The lowest BCUT2D eigenvalue weighted by Crippen LogP contribution is -2.21. The van der Waals surface area contributed by atoms with E-state index >= 15 is 0 Å². The molecule has 1 N–H and O–H groups in total. The molecule has 2 aromatic rings. The molecule has 0 amide bonds. The van der Waals surface area contributed by atoms with Crippen LogP contribution in [0.2, 0.25) is 0 Å². The van der Waals surface area contributed by atoms with Crippen LogP contribution >= 0.6 is 0 Å². The van der Waals surface area contributed by atoms with Gasteiger partial charge in [-0.15, -0.1) is 0 Å². The van der Waals surface area contributed by atoms with Crippen LogP contribution in [-0.2, 0) is 4.74 Å². The number of rotatable bonds is 3. The Balaban J connectivity index is 2.54. The number of carbonyl (C=O) groups is 2. The number of benzene rings is 1. The van der Waals surface area contributed by atoms with Gasteiger partial charge in [-0.3, -0.25) is 9.78 Å². The number of carbonyl (C=O) groups excluding carboxylic acids is 2. The van der Waals surface area contributed by atoms with Gasteiger partial charge in [-0.1, -0.05) is 30.3 Å². The van der Waals surface area contributed by atoms with E-state index in [2.05, 4.69) is 14.7 Å². The monoisotopic (exact) mass is 258 g/mol. The van der Waals surface area contributed by atoms with Crippen LogP contribution in [0.4, 0.5) is 0 Å². The number of hydrogen-bond acceptors (Lipinski definition) is 5. The number of ether oxygens (including phenoxy) is 1. The second kappa shape index (κ2) is 5.26. The molecular formula is C13H10N2O4. The number of aromatic amines is 1. The summed E-state index contributed by atoms with van der Waals surface area (Å²) in [5.74, 6) is -1.21. The number of nitrogens with zero attached hydrogens (tertiary/aromatic N) is 1. The average Bonchev–Trinajstić information content (AvgIpc) is 2.46. The number of aromatic nitrogens is 2. The van der Waals surface area contributed by atoms with Crippen molar-refractivity contribution in [1.82, 2.24) is 9.97 Å². The highest BCUT2D eigenvalue weighted by Gasteiger charge is 2.20. The Kier molecular flexibility index (Phi) is 3.51. The molecule has 6 heteroatoms. The van der Waals surface area contributed by atoms with Crippen LogP contribution in [0, 0.1) is 0 Å². The molecule has 96 valence electrons. The van der Waals surface area contributed by atoms with Gasteiger partial charge in [-0.05, 0) is 0 Å². The Bertz CT molecular complexity index is 677. The van der Waals surface area contributed by atoms with Crippen molar-refractivity contribution >= 4 is 11.8 Å². The maximum Gasteiger partial charge on any atom is 0.355 e. The first-order valence-electron chi connectivity index (χ1n) is 5.41. The first-order valence-corrected chi connectivity index (χ1v) is 5.41. The molecule has 0 aliphatic rings. The summed E-state index contributed by atoms with van der Waals surface area (Å²) in [7, 11) is 1.16. The van der Waals surface area contributed by atoms with Crippen LogP contribution in [0.25, 0.3) is 0 Å². The maximum atomic E-state index is 12.2. The third-order valence-electron chi connectivity index (χ3n) is 2.48. The Morgan fingerprint density at radius 2 is 1.89 bits per heavy atom. The van der Waals surface area contributed by atoms with E-state index in [1.54, 1.807) is 30.3 Å². The Labute approximate surface area is 108 Å². The van der Waals surface area contributed by atoms with Crippen LogP contribution in [0.1, 0.15) is 26.4 Å². The van der Waals surface area contributed by atoms with Crippen molar-refractivity contribution < 1.29 is 14.3 Å². The van der Waals surface area contributed by atoms with Gasteiger partial charge in [0.25, 0.3) is 0 Å². The summed E-state index contributed by atoms with van der Waals surface area (Å²) in [6.07, 6.45) is 1.07. The van der Waals surface area contributed by atoms with Gasteiger partial charge in [0.1, 0.15) is 5.69 Å². The van der Waals surface area contributed by atoms with Crippen molar-refractivity contribution in [2.24, 2.45) is 0 Å². The van der Waals surface area contributed by atoms with E-state index in [0.717, 1.165) is 13.3 Å². The fourth-order valence-electron chi connectivity index (χ4n) is 1.57. The Morgan fingerprint density at radius 3 is 2.53 bits per heavy atom. The molecule has 0 aliphatic carbocycles. The quantitative estimate of drug-likeness (QED) is 0.649. The molecule has 0 bridgehead atoms. The Hall–Kier alpha value is -2.76. The zero-order valence-corrected chi connectivity index (χ0v) is 10.0. The molecule has 1 aromatic carbocycles. The van der Waals surface area contributed by atoms with Crippen LogP contribution in [0.5, 0.6) is 0 Å². The van der Waals surface area contributed by atoms with E-state index in [-0.39, 0.29) is 11.3 Å². The molecule has 0 radical (unpaired) electrons. The highest BCUT2D eigenvalue weighted by atomic mass is 16.5. The lowest BCUT2D eigenvalue weighted by atomic mass is 10.0. The van der Waals surface area contributed by atoms with Crippen LogP contribution < -0.4 is 5.69 Å². The van der Waals surface area contributed by atoms with Crippen molar-refractivity contribution in [3.63, 3.8) is 0 Å². The SMILES string of the molecule is COC(=O)c1[nH]c(=O)ncc1C(=O)c1ccccc1. The van der Waals surface area contributed by atoms with E-state index in [0.29, 0.717) is 5.56 Å². The Morgan fingerprint density at radius 1 is 1.21 bits per heavy atom. The summed E-state index contributed by atoms with van der Waals surface area (Å²) >= 11 is 0. The minimum Gasteiger partial charge on any atom is -0.464 e. The topological polar surface area (TPSA) is 89.1 Å². The van der Waals surface area contributed by atoms with E-state index < -0.39 is 17.4 Å². The summed E-state index contributed by atoms with van der Waals surface area (Å²) in [6.45, 7) is 0. The molecule has 0 spiro atoms. The first-order chi connectivity index (χ1) is 9.13. The molecule has 2 rings (SSSR count). The third kappa shape index (κ3) is 2.57. The van der Waals surface area contributed by atoms with Crippen molar-refractivity contribution in [3.05, 3.63) is 63.8 Å². The fraction of sp³-hybridized carbons (Fsp3) is 0.0769. The van der Waals surface area contributed by atoms with Crippen LogP contribution in [0.3, 0.4) is 0 Å². The number of hydrogen-bond donors (Lipinski definition) is 1. The molecule has 0 fully saturated rings. The molecule has 6 nitrogen and oxygen atoms in total. The van der Waals surface area contributed by atoms with Crippen LogP contribution in [0.15, 0.2) is 41.3 Å². The van der Waals surface area contributed by atoms with E-state index in [9.17, 15) is 14.4 Å². The smallest absolute Gasteiger partial charge is 0.355 e. The number of nitrogens with one attached hydrogen (secondary N) is 1. The van der Waals surface area contributed by atoms with Gasteiger partial charge in [0, 0.05) is 11.8 Å². The third-order valence-corrected chi connectivity index (χ3v) is 2.48. The van der Waals surface area contributed by atoms with Crippen LogP contribution in [-0.4, -0.2) is 28.8 Å². The van der Waals surface area contributed by atoms with Gasteiger partial charge in [0.15, 0.2) is 5.78 Å². The highest BCUT2D eigenvalue weighted by Crippen LogP contribution is 2.11. The minimum atomic E-state index is -0.793. The molecular weight excluding hydrogens is 248 g/mol. The van der Waals surface area contributed by atoms with Gasteiger partial charge in [0.2, 0.25) is 0 Å². The van der Waals surface area contributed by atoms with E-state index in [4.69, 9.17) is 0 Å². The lowest BCUT2D eigenvalue weighted by molar-refractivity contribution is 0.0590. The molecule has 0 unspecified atom stereocenters. The van der Waals surface area contributed by atoms with Gasteiger partial charge in [-0.2, -0.15) is 0 Å². The second-order valence-electron chi connectivity index (χ2n) is 3.66. The minimum absolute atomic E-state index is 0.00218. The molecule has 1 aromatic heterocycles. The number of H-pyrrole nitrogens is 1. The highest BCUT2D eigenvalue weighted by molar-refractivity contribution is 6.13. The predicted molar refractivity (Wildman–Crippen MR) is 66.1 cm³/mol.